The van der Waals surface area contributed by atoms with Crippen LogP contribution in [-0.2, 0) is 19.1 Å². The molecule has 0 amide bonds. The molecule has 1 heterocycles. The van der Waals surface area contributed by atoms with Crippen molar-refractivity contribution >= 4 is 29.2 Å². The summed E-state index contributed by atoms with van der Waals surface area (Å²) < 4.78 is 15.4. The fourth-order valence-electron chi connectivity index (χ4n) is 2.61. The zero-order valence-corrected chi connectivity index (χ0v) is 15.9. The van der Waals surface area contributed by atoms with Gasteiger partial charge in [-0.25, -0.2) is 9.59 Å². The van der Waals surface area contributed by atoms with Crippen LogP contribution in [-0.4, -0.2) is 32.8 Å². The molecule has 3 rings (SSSR count). The number of methoxy groups -OCH3 is 2. The first-order chi connectivity index (χ1) is 13.0. The Balaban J connectivity index is 1.97. The van der Waals surface area contributed by atoms with E-state index in [-0.39, 0.29) is 11.3 Å². The lowest BCUT2D eigenvalue weighted by Crippen LogP contribution is -2.26. The molecule has 1 fully saturated rings. The van der Waals surface area contributed by atoms with Gasteiger partial charge in [0.05, 0.1) is 31.4 Å². The molecule has 0 radical (unpaired) electrons. The van der Waals surface area contributed by atoms with Gasteiger partial charge < -0.3 is 19.1 Å². The minimum absolute atomic E-state index is 0.0389. The minimum atomic E-state index is -0.670. The Morgan fingerprint density at radius 3 is 2.52 bits per heavy atom. The number of esters is 2. The predicted octanol–water partition coefficient (Wildman–Crippen LogP) is 3.62. The number of carbonyl (C=O) groups is 2. The fraction of sp³-hybridized carbons (Fsp3) is 0.300. The van der Waals surface area contributed by atoms with Crippen molar-refractivity contribution in [3.05, 3.63) is 58.9 Å². The van der Waals surface area contributed by atoms with E-state index < -0.39 is 11.9 Å². The molecule has 1 saturated carbocycles. The molecule has 27 heavy (non-hydrogen) atoms. The molecule has 1 aliphatic carbocycles. The Morgan fingerprint density at radius 1 is 1.15 bits per heavy atom. The second kappa shape index (κ2) is 8.31. The van der Waals surface area contributed by atoms with Crippen molar-refractivity contribution in [1.29, 1.82) is 0 Å². The van der Waals surface area contributed by atoms with Crippen LogP contribution in [0.3, 0.4) is 0 Å². The molecule has 0 N–H and O–H groups in total. The zero-order valence-electron chi connectivity index (χ0n) is 15.1. The Hall–Kier alpha value is -2.73. The molecule has 6 nitrogen and oxygen atoms in total. The van der Waals surface area contributed by atoms with Gasteiger partial charge in [-0.1, -0.05) is 17.7 Å². The fourth-order valence-corrected chi connectivity index (χ4v) is 2.84. The molecule has 0 atom stereocenters. The number of hydrogen-bond donors (Lipinski definition) is 0. The van der Waals surface area contributed by atoms with Crippen molar-refractivity contribution in [2.45, 2.75) is 12.8 Å². The number of benzene rings is 1. The van der Waals surface area contributed by atoms with Crippen molar-refractivity contribution < 1.29 is 23.8 Å². The summed E-state index contributed by atoms with van der Waals surface area (Å²) in [5.74, 6) is -0.120. The SMILES string of the molecule is COC(=O)C1=C(C(=O)OC)N(c2ccc(OCC3CC3)c(Cl)c2)C=CC=C1. The third-order valence-corrected chi connectivity index (χ3v) is 4.55. The van der Waals surface area contributed by atoms with Gasteiger partial charge in [-0.15, -0.1) is 0 Å². The molecule has 0 unspecified atom stereocenters. The molecule has 0 aromatic heterocycles. The third-order valence-electron chi connectivity index (χ3n) is 4.25. The number of ether oxygens (including phenoxy) is 3. The maximum atomic E-state index is 12.4. The zero-order chi connectivity index (χ0) is 19.4. The lowest BCUT2D eigenvalue weighted by Gasteiger charge is -2.23. The minimum Gasteiger partial charge on any atom is -0.492 e. The lowest BCUT2D eigenvalue weighted by molar-refractivity contribution is -0.139. The van der Waals surface area contributed by atoms with Crippen LogP contribution in [0.1, 0.15) is 12.8 Å². The number of halogens is 1. The standard InChI is InChI=1S/C20H20ClNO5/c1-25-19(23)15-5-3-4-10-22(18(15)20(24)26-2)14-8-9-17(16(21)11-14)27-12-13-6-7-13/h3-5,8-11,13H,6-7,12H2,1-2H3. The molecule has 1 aromatic carbocycles. The van der Waals surface area contributed by atoms with Crippen LogP contribution in [0.15, 0.2) is 53.9 Å². The van der Waals surface area contributed by atoms with Crippen LogP contribution in [0, 0.1) is 5.92 Å². The van der Waals surface area contributed by atoms with E-state index >= 15 is 0 Å². The molecular weight excluding hydrogens is 370 g/mol. The van der Waals surface area contributed by atoms with E-state index in [4.69, 9.17) is 25.8 Å². The first kappa shape index (κ1) is 19.0. The monoisotopic (exact) mass is 389 g/mol. The van der Waals surface area contributed by atoms with Crippen molar-refractivity contribution in [2.75, 3.05) is 25.7 Å². The summed E-state index contributed by atoms with van der Waals surface area (Å²) in [6, 6.07) is 5.19. The molecule has 1 aliphatic heterocycles. The highest BCUT2D eigenvalue weighted by molar-refractivity contribution is 6.32. The number of anilines is 1. The third kappa shape index (κ3) is 4.34. The van der Waals surface area contributed by atoms with Gasteiger partial charge in [0, 0.05) is 11.9 Å². The van der Waals surface area contributed by atoms with Crippen LogP contribution in [0.5, 0.6) is 5.75 Å². The molecule has 0 saturated heterocycles. The van der Waals surface area contributed by atoms with Gasteiger partial charge in [0.2, 0.25) is 0 Å². The first-order valence-electron chi connectivity index (χ1n) is 8.52. The van der Waals surface area contributed by atoms with Gasteiger partial charge in [-0.05, 0) is 49.1 Å². The topological polar surface area (TPSA) is 65.1 Å². The largest absolute Gasteiger partial charge is 0.492 e. The summed E-state index contributed by atoms with van der Waals surface area (Å²) in [5.41, 5.74) is 0.706. The van der Waals surface area contributed by atoms with Crippen LogP contribution in [0.2, 0.25) is 5.02 Å². The van der Waals surface area contributed by atoms with Crippen molar-refractivity contribution in [3.63, 3.8) is 0 Å². The predicted molar refractivity (Wildman–Crippen MR) is 101 cm³/mol. The smallest absolute Gasteiger partial charge is 0.355 e. The molecule has 7 heteroatoms. The highest BCUT2D eigenvalue weighted by atomic mass is 35.5. The van der Waals surface area contributed by atoms with Gasteiger partial charge >= 0.3 is 11.9 Å². The summed E-state index contributed by atoms with van der Waals surface area (Å²) in [7, 11) is 2.51. The number of rotatable bonds is 6. The van der Waals surface area contributed by atoms with Gasteiger partial charge in [0.15, 0.2) is 0 Å². The van der Waals surface area contributed by atoms with E-state index in [1.807, 2.05) is 0 Å². The number of nitrogens with zero attached hydrogens (tertiary/aromatic N) is 1. The van der Waals surface area contributed by atoms with Crippen LogP contribution < -0.4 is 9.64 Å². The van der Waals surface area contributed by atoms with Crippen LogP contribution in [0.25, 0.3) is 0 Å². The van der Waals surface area contributed by atoms with Gasteiger partial charge in [-0.2, -0.15) is 0 Å². The number of allylic oxidation sites excluding steroid dienone is 2. The van der Waals surface area contributed by atoms with Crippen molar-refractivity contribution in [1.82, 2.24) is 0 Å². The van der Waals surface area contributed by atoms with Crippen molar-refractivity contribution in [2.24, 2.45) is 5.92 Å². The molecule has 0 spiro atoms. The Labute approximate surface area is 162 Å². The molecule has 2 aliphatic rings. The van der Waals surface area contributed by atoms with Gasteiger partial charge in [-0.3, -0.25) is 0 Å². The summed E-state index contributed by atoms with van der Waals surface area (Å²) in [4.78, 5) is 26.1. The molecule has 1 aromatic rings. The van der Waals surface area contributed by atoms with E-state index in [1.165, 1.54) is 38.0 Å². The van der Waals surface area contributed by atoms with E-state index in [1.54, 1.807) is 36.6 Å². The summed E-state index contributed by atoms with van der Waals surface area (Å²) in [5, 5.41) is 0.419. The second-order valence-corrected chi connectivity index (χ2v) is 6.59. The lowest BCUT2D eigenvalue weighted by atomic mass is 10.1. The quantitative estimate of drug-likeness (QED) is 0.692. The highest BCUT2D eigenvalue weighted by Crippen LogP contribution is 2.35. The maximum Gasteiger partial charge on any atom is 0.355 e. The average molecular weight is 390 g/mol. The van der Waals surface area contributed by atoms with Crippen LogP contribution in [0.4, 0.5) is 5.69 Å². The summed E-state index contributed by atoms with van der Waals surface area (Å²) in [6.45, 7) is 0.645. The summed E-state index contributed by atoms with van der Waals surface area (Å²) in [6.07, 6.45) is 8.86. The first-order valence-corrected chi connectivity index (χ1v) is 8.90. The van der Waals surface area contributed by atoms with E-state index in [2.05, 4.69) is 0 Å². The van der Waals surface area contributed by atoms with Crippen molar-refractivity contribution in [3.8, 4) is 5.75 Å². The number of hydrogen-bond acceptors (Lipinski definition) is 6. The van der Waals surface area contributed by atoms with E-state index in [9.17, 15) is 9.59 Å². The second-order valence-electron chi connectivity index (χ2n) is 6.19. The van der Waals surface area contributed by atoms with Gasteiger partial charge in [0.1, 0.15) is 11.4 Å². The molecular formula is C20H20ClNO5. The van der Waals surface area contributed by atoms with E-state index in [0.29, 0.717) is 29.0 Å². The Bertz CT molecular complexity index is 839. The van der Waals surface area contributed by atoms with Crippen LogP contribution >= 0.6 is 11.6 Å². The number of carbonyl (C=O) groups excluding carboxylic acids is 2. The average Bonchev–Trinajstić information content (AvgIpc) is 3.51. The Kier molecular flexibility index (Phi) is 5.86. The molecule has 142 valence electrons. The molecule has 0 bridgehead atoms. The highest BCUT2D eigenvalue weighted by Gasteiger charge is 2.28. The van der Waals surface area contributed by atoms with E-state index in [0.717, 1.165) is 0 Å². The summed E-state index contributed by atoms with van der Waals surface area (Å²) >= 11 is 6.37. The maximum absolute atomic E-state index is 12.4. The van der Waals surface area contributed by atoms with Gasteiger partial charge in [0.25, 0.3) is 0 Å². The Morgan fingerprint density at radius 2 is 1.89 bits per heavy atom. The normalized spacial score (nSPS) is 16.2.